The van der Waals surface area contributed by atoms with Crippen molar-refractivity contribution in [1.82, 2.24) is 20.0 Å². The summed E-state index contributed by atoms with van der Waals surface area (Å²) >= 11 is 0. The van der Waals surface area contributed by atoms with Crippen LogP contribution in [-0.2, 0) is 4.79 Å². The van der Waals surface area contributed by atoms with Gasteiger partial charge in [0.05, 0.1) is 12.8 Å². The van der Waals surface area contributed by atoms with Crippen LogP contribution in [-0.4, -0.2) is 46.1 Å². The standard InChI is InChI=1S/C23H26N6O2/c1-15-22-17(16-8-4-5-9-18(16)31-2)14-21(30)24-23(22)29(27-15)20-11-10-19(25-26-20)28-12-6-3-7-13-28/h4-5,8-11,17H,3,6-7,12-14H2,1-2H3,(H,24,30)/t17-/m0/s1. The first-order chi connectivity index (χ1) is 15.2. The van der Waals surface area contributed by atoms with E-state index in [0.29, 0.717) is 18.1 Å². The maximum absolute atomic E-state index is 12.6. The van der Waals surface area contributed by atoms with E-state index in [1.165, 1.54) is 19.3 Å². The first-order valence-electron chi connectivity index (χ1n) is 10.8. The van der Waals surface area contributed by atoms with Gasteiger partial charge in [-0.25, -0.2) is 0 Å². The van der Waals surface area contributed by atoms with Crippen molar-refractivity contribution < 1.29 is 9.53 Å². The Morgan fingerprint density at radius 2 is 1.77 bits per heavy atom. The van der Waals surface area contributed by atoms with Gasteiger partial charge in [-0.3, -0.25) is 4.79 Å². The highest BCUT2D eigenvalue weighted by Crippen LogP contribution is 2.42. The van der Waals surface area contributed by atoms with Crippen LogP contribution in [0.5, 0.6) is 5.75 Å². The number of para-hydroxylation sites is 1. The van der Waals surface area contributed by atoms with Gasteiger partial charge in [-0.05, 0) is 44.4 Å². The molecule has 8 nitrogen and oxygen atoms in total. The molecule has 1 atom stereocenters. The fourth-order valence-corrected chi connectivity index (χ4v) is 4.66. The predicted octanol–water partition coefficient (Wildman–Crippen LogP) is 3.44. The lowest BCUT2D eigenvalue weighted by molar-refractivity contribution is -0.116. The molecule has 0 spiro atoms. The summed E-state index contributed by atoms with van der Waals surface area (Å²) in [7, 11) is 1.65. The number of ether oxygens (including phenoxy) is 1. The quantitative estimate of drug-likeness (QED) is 0.699. The molecule has 0 saturated carbocycles. The number of aromatic nitrogens is 4. The molecule has 3 aromatic rings. The number of fused-ring (bicyclic) bond motifs is 1. The minimum atomic E-state index is -0.130. The largest absolute Gasteiger partial charge is 0.496 e. The average Bonchev–Trinajstić information content (AvgIpc) is 3.15. The Kier molecular flexibility index (Phi) is 5.05. The molecule has 4 heterocycles. The Hall–Kier alpha value is -3.42. The molecule has 0 radical (unpaired) electrons. The van der Waals surface area contributed by atoms with Crippen LogP contribution >= 0.6 is 0 Å². The van der Waals surface area contributed by atoms with Crippen LogP contribution in [0.15, 0.2) is 36.4 Å². The SMILES string of the molecule is COc1ccccc1[C@@H]1CC(=O)Nc2c1c(C)nn2-c1ccc(N2CCCCC2)nn1. The van der Waals surface area contributed by atoms with Gasteiger partial charge in [0.25, 0.3) is 0 Å². The van der Waals surface area contributed by atoms with Gasteiger partial charge in [-0.15, -0.1) is 10.2 Å². The first kappa shape index (κ1) is 19.5. The molecular weight excluding hydrogens is 392 g/mol. The monoisotopic (exact) mass is 418 g/mol. The van der Waals surface area contributed by atoms with Crippen LogP contribution in [0.4, 0.5) is 11.6 Å². The number of piperidine rings is 1. The van der Waals surface area contributed by atoms with Crippen molar-refractivity contribution in [2.24, 2.45) is 0 Å². The van der Waals surface area contributed by atoms with Crippen LogP contribution in [0, 0.1) is 6.92 Å². The predicted molar refractivity (Wildman–Crippen MR) is 118 cm³/mol. The number of nitrogens with one attached hydrogen (secondary N) is 1. The van der Waals surface area contributed by atoms with E-state index in [1.54, 1.807) is 11.8 Å². The van der Waals surface area contributed by atoms with E-state index in [9.17, 15) is 4.79 Å². The summed E-state index contributed by atoms with van der Waals surface area (Å²) in [6, 6.07) is 11.7. The van der Waals surface area contributed by atoms with Gasteiger partial charge in [0.15, 0.2) is 11.6 Å². The van der Waals surface area contributed by atoms with E-state index in [-0.39, 0.29) is 11.8 Å². The first-order valence-corrected chi connectivity index (χ1v) is 10.8. The maximum Gasteiger partial charge on any atom is 0.226 e. The molecule has 0 unspecified atom stereocenters. The van der Waals surface area contributed by atoms with Crippen molar-refractivity contribution in [2.75, 3.05) is 30.4 Å². The molecule has 2 aromatic heterocycles. The lowest BCUT2D eigenvalue weighted by atomic mass is 9.85. The number of carbonyl (C=O) groups excluding carboxylic acids is 1. The third kappa shape index (κ3) is 3.52. The number of nitrogens with zero attached hydrogens (tertiary/aromatic N) is 5. The summed E-state index contributed by atoms with van der Waals surface area (Å²) in [6.07, 6.45) is 3.99. The molecule has 0 aliphatic carbocycles. The van der Waals surface area contributed by atoms with Gasteiger partial charge < -0.3 is 15.0 Å². The smallest absolute Gasteiger partial charge is 0.226 e. The summed E-state index contributed by atoms with van der Waals surface area (Å²) in [6.45, 7) is 3.99. The Morgan fingerprint density at radius 3 is 2.52 bits per heavy atom. The number of aryl methyl sites for hydroxylation is 1. The fourth-order valence-electron chi connectivity index (χ4n) is 4.66. The molecule has 0 bridgehead atoms. The van der Waals surface area contributed by atoms with Crippen molar-refractivity contribution in [3.05, 3.63) is 53.2 Å². The molecule has 160 valence electrons. The second kappa shape index (κ2) is 8.02. The van der Waals surface area contributed by atoms with E-state index in [0.717, 1.165) is 41.5 Å². The molecule has 1 amide bonds. The van der Waals surface area contributed by atoms with Crippen LogP contribution in [0.25, 0.3) is 5.82 Å². The van der Waals surface area contributed by atoms with E-state index in [1.807, 2.05) is 43.3 Å². The van der Waals surface area contributed by atoms with Gasteiger partial charge in [0, 0.05) is 36.6 Å². The number of hydrogen-bond acceptors (Lipinski definition) is 6. The van der Waals surface area contributed by atoms with Gasteiger partial charge in [-0.2, -0.15) is 9.78 Å². The normalized spacial score (nSPS) is 18.5. The molecule has 1 fully saturated rings. The Labute approximate surface area is 181 Å². The highest BCUT2D eigenvalue weighted by molar-refractivity contribution is 5.95. The second-order valence-corrected chi connectivity index (χ2v) is 8.10. The van der Waals surface area contributed by atoms with E-state index >= 15 is 0 Å². The molecule has 1 saturated heterocycles. The van der Waals surface area contributed by atoms with Gasteiger partial charge in [-0.1, -0.05) is 18.2 Å². The van der Waals surface area contributed by atoms with Crippen molar-refractivity contribution in [2.45, 2.75) is 38.5 Å². The van der Waals surface area contributed by atoms with Gasteiger partial charge in [0.2, 0.25) is 5.91 Å². The molecular formula is C23H26N6O2. The molecule has 1 aromatic carbocycles. The molecule has 2 aliphatic heterocycles. The van der Waals surface area contributed by atoms with Crippen molar-refractivity contribution in [3.63, 3.8) is 0 Å². The average molecular weight is 419 g/mol. The van der Waals surface area contributed by atoms with Crippen LogP contribution in [0.1, 0.15) is 48.4 Å². The molecule has 5 rings (SSSR count). The lowest BCUT2D eigenvalue weighted by Crippen LogP contribution is -2.30. The number of amides is 1. The number of benzene rings is 1. The summed E-state index contributed by atoms with van der Waals surface area (Å²) in [5.74, 6) is 2.72. The Bertz CT molecular complexity index is 1100. The van der Waals surface area contributed by atoms with E-state index in [2.05, 4.69) is 20.4 Å². The van der Waals surface area contributed by atoms with Gasteiger partial charge >= 0.3 is 0 Å². The van der Waals surface area contributed by atoms with Crippen molar-refractivity contribution >= 4 is 17.5 Å². The number of carbonyl (C=O) groups is 1. The molecule has 8 heteroatoms. The summed E-state index contributed by atoms with van der Waals surface area (Å²) < 4.78 is 7.26. The summed E-state index contributed by atoms with van der Waals surface area (Å²) in [4.78, 5) is 14.9. The number of anilines is 2. The fraction of sp³-hybridized carbons (Fsp3) is 0.391. The minimum absolute atomic E-state index is 0.0533. The zero-order chi connectivity index (χ0) is 21.4. The highest BCUT2D eigenvalue weighted by Gasteiger charge is 2.34. The van der Waals surface area contributed by atoms with Crippen LogP contribution < -0.4 is 15.0 Å². The third-order valence-electron chi connectivity index (χ3n) is 6.15. The van der Waals surface area contributed by atoms with Crippen LogP contribution in [0.3, 0.4) is 0 Å². The molecule has 2 aliphatic rings. The summed E-state index contributed by atoms with van der Waals surface area (Å²) in [5, 5.41) is 16.6. The van der Waals surface area contributed by atoms with Crippen molar-refractivity contribution in [3.8, 4) is 11.6 Å². The Morgan fingerprint density at radius 1 is 1.03 bits per heavy atom. The zero-order valence-corrected chi connectivity index (χ0v) is 17.8. The zero-order valence-electron chi connectivity index (χ0n) is 17.8. The topological polar surface area (TPSA) is 85.2 Å². The maximum atomic E-state index is 12.6. The Balaban J connectivity index is 1.53. The number of methoxy groups -OCH3 is 1. The molecule has 31 heavy (non-hydrogen) atoms. The van der Waals surface area contributed by atoms with Crippen LogP contribution in [0.2, 0.25) is 0 Å². The summed E-state index contributed by atoms with van der Waals surface area (Å²) in [5.41, 5.74) is 2.83. The van der Waals surface area contributed by atoms with Gasteiger partial charge in [0.1, 0.15) is 11.6 Å². The lowest BCUT2D eigenvalue weighted by Gasteiger charge is -2.27. The van der Waals surface area contributed by atoms with E-state index in [4.69, 9.17) is 9.84 Å². The number of hydrogen-bond donors (Lipinski definition) is 1. The second-order valence-electron chi connectivity index (χ2n) is 8.10. The van der Waals surface area contributed by atoms with Crippen molar-refractivity contribution in [1.29, 1.82) is 0 Å². The number of rotatable bonds is 4. The van der Waals surface area contributed by atoms with E-state index < -0.39 is 0 Å². The minimum Gasteiger partial charge on any atom is -0.496 e. The third-order valence-corrected chi connectivity index (χ3v) is 6.15. The molecule has 1 N–H and O–H groups in total. The highest BCUT2D eigenvalue weighted by atomic mass is 16.5.